The van der Waals surface area contributed by atoms with Gasteiger partial charge >= 0.3 is 51.4 Å². The Labute approximate surface area is 100 Å². The zero-order valence-corrected chi connectivity index (χ0v) is 8.16. The molecule has 0 aliphatic rings. The standard InChI is InChI=1S/B7.K/c1-6(2)5-7(3)4;/q-1;+1. The molecular formula is B7K. The van der Waals surface area contributed by atoms with Gasteiger partial charge in [0.15, 0.2) is 0 Å². The quantitative estimate of drug-likeness (QED) is 0.314. The van der Waals surface area contributed by atoms with Crippen molar-refractivity contribution in [2.75, 3.05) is 0 Å². The molecule has 0 aromatic heterocycles. The molecule has 0 saturated carbocycles. The van der Waals surface area contributed by atoms with Gasteiger partial charge in [0.2, 0.25) is 0 Å². The molecule has 0 atom stereocenters. The van der Waals surface area contributed by atoms with Crippen LogP contribution in [0.5, 0.6) is 0 Å². The van der Waals surface area contributed by atoms with E-state index in [0.717, 1.165) is 0 Å². The van der Waals surface area contributed by atoms with E-state index in [1.807, 2.05) is 0 Å². The fourth-order valence-electron chi connectivity index (χ4n) is 0.257. The van der Waals surface area contributed by atoms with E-state index >= 15 is 0 Å². The van der Waals surface area contributed by atoms with Crippen LogP contribution in [0.2, 0.25) is 0 Å². The van der Waals surface area contributed by atoms with E-state index in [-0.39, 0.29) is 51.4 Å². The summed E-state index contributed by atoms with van der Waals surface area (Å²) in [6.07, 6.45) is -1.00. The minimum absolute atomic E-state index is 0. The van der Waals surface area contributed by atoms with E-state index in [9.17, 15) is 0 Å². The molecule has 0 fully saturated rings. The molecule has 0 saturated heterocycles. The van der Waals surface area contributed by atoms with Crippen LogP contribution >= 0.6 is 0 Å². The summed E-state index contributed by atoms with van der Waals surface area (Å²) in [7, 11) is 21.7. The second-order valence-corrected chi connectivity index (χ2v) is 1.35. The molecule has 0 N–H and O–H groups in total. The smallest absolute Gasteiger partial charge is 0.441 e. The predicted molar refractivity (Wildman–Crippen MR) is 40.3 cm³/mol. The van der Waals surface area contributed by atoms with Crippen LogP contribution in [0.1, 0.15) is 0 Å². The maximum Gasteiger partial charge on any atom is 1.00 e. The van der Waals surface area contributed by atoms with Crippen molar-refractivity contribution in [3.05, 3.63) is 0 Å². The molecule has 0 heterocycles. The maximum absolute atomic E-state index is 5.06. The van der Waals surface area contributed by atoms with Crippen molar-refractivity contribution in [1.82, 2.24) is 0 Å². The minimum Gasteiger partial charge on any atom is -0.441 e. The molecule has 0 aromatic carbocycles. The van der Waals surface area contributed by atoms with Gasteiger partial charge in [-0.2, -0.15) is 12.8 Å². The largest absolute Gasteiger partial charge is 1.00 e. The number of rotatable bonds is 2. The van der Waals surface area contributed by atoms with E-state index in [1.54, 1.807) is 0 Å². The summed E-state index contributed by atoms with van der Waals surface area (Å²) in [6, 6.07) is 0. The number of hydrogen-bond donors (Lipinski definition) is 0. The molecule has 0 aromatic rings. The fraction of sp³-hybridized carbons (Fsp3) is 0. The average Bonchev–Trinajstić information content (AvgIpc) is 1.27. The topological polar surface area (TPSA) is 0 Å². The Bertz CT molecular complexity index is 33.7. The molecule has 0 rings (SSSR count). The van der Waals surface area contributed by atoms with Crippen LogP contribution in [-0.4, -0.2) is 50.8 Å². The molecule has 0 aliphatic carbocycles. The normalized spacial score (nSPS) is 7.00. The van der Waals surface area contributed by atoms with Gasteiger partial charge in [0.05, 0.1) is 0 Å². The first-order valence-electron chi connectivity index (χ1n) is 2.00. The van der Waals surface area contributed by atoms with Crippen molar-refractivity contribution in [2.45, 2.75) is 0 Å². The summed E-state index contributed by atoms with van der Waals surface area (Å²) < 4.78 is 0. The van der Waals surface area contributed by atoms with E-state index in [0.29, 0.717) is 0 Å². The zero-order chi connectivity index (χ0) is 5.86. The zero-order valence-electron chi connectivity index (χ0n) is 5.04. The van der Waals surface area contributed by atoms with E-state index in [4.69, 9.17) is 30.9 Å². The van der Waals surface area contributed by atoms with Crippen LogP contribution in [0.3, 0.4) is 0 Å². The predicted octanol–water partition coefficient (Wildman–Crippen LogP) is -5.66. The second kappa shape index (κ2) is 7.20. The number of hydrogen-bond acceptors (Lipinski definition) is 0. The molecule has 0 nitrogen and oxygen atoms in total. The SMILES string of the molecule is [B]B([B])[B-]B([B])[B].[K+]. The Balaban J connectivity index is 0. The van der Waals surface area contributed by atoms with Crippen LogP contribution in [0.4, 0.5) is 0 Å². The van der Waals surface area contributed by atoms with Crippen molar-refractivity contribution in [3.63, 3.8) is 0 Å². The van der Waals surface area contributed by atoms with E-state index in [1.165, 1.54) is 7.06 Å². The third-order valence-corrected chi connectivity index (χ3v) is 0.444. The van der Waals surface area contributed by atoms with Crippen LogP contribution in [0.15, 0.2) is 0 Å². The molecule has 0 bridgehead atoms. The summed E-state index contributed by atoms with van der Waals surface area (Å²) in [6.45, 7) is 0. The molecule has 0 spiro atoms. The van der Waals surface area contributed by atoms with Gasteiger partial charge < -0.3 is 7.06 Å². The molecular weight excluding hydrogens is 115 g/mol. The van der Waals surface area contributed by atoms with Crippen molar-refractivity contribution >= 4 is 50.8 Å². The Morgan fingerprint density at radius 1 is 0.875 bits per heavy atom. The van der Waals surface area contributed by atoms with Crippen LogP contribution in [0, 0.1) is 0 Å². The molecule has 0 amide bonds. The molecule has 10 radical (unpaired) electrons. The Morgan fingerprint density at radius 3 is 1.12 bits per heavy atom. The summed E-state index contributed by atoms with van der Waals surface area (Å²) in [4.78, 5) is 0. The Morgan fingerprint density at radius 2 is 1.12 bits per heavy atom. The third kappa shape index (κ3) is 11.0. The minimum atomic E-state index is -0.500. The molecule has 0 unspecified atom stereocenters. The molecule has 8 heteroatoms. The van der Waals surface area contributed by atoms with Gasteiger partial charge in [-0.15, -0.1) is 0 Å². The molecule has 22 valence electrons. The summed E-state index contributed by atoms with van der Waals surface area (Å²) in [5, 5.41) is 0. The Hall–Kier alpha value is 2.09. The summed E-state index contributed by atoms with van der Waals surface area (Å²) >= 11 is 0. The third-order valence-electron chi connectivity index (χ3n) is 0.444. The molecule has 0 aliphatic heterocycles. The van der Waals surface area contributed by atoms with Crippen LogP contribution in [-0.2, 0) is 0 Å². The van der Waals surface area contributed by atoms with Gasteiger partial charge in [-0.1, -0.05) is 0 Å². The first kappa shape index (κ1) is 12.7. The Kier molecular flexibility index (Phi) is 11.5. The van der Waals surface area contributed by atoms with Crippen molar-refractivity contribution < 1.29 is 51.4 Å². The van der Waals surface area contributed by atoms with Gasteiger partial charge in [-0.25, -0.2) is 0 Å². The average molecular weight is 115 g/mol. The van der Waals surface area contributed by atoms with Crippen LogP contribution < -0.4 is 51.4 Å². The van der Waals surface area contributed by atoms with Gasteiger partial charge in [-0.3, -0.25) is 0 Å². The van der Waals surface area contributed by atoms with E-state index in [2.05, 4.69) is 0 Å². The monoisotopic (exact) mass is 116 g/mol. The maximum atomic E-state index is 5.06. The molecule has 8 heavy (non-hydrogen) atoms. The van der Waals surface area contributed by atoms with Crippen molar-refractivity contribution in [2.24, 2.45) is 0 Å². The van der Waals surface area contributed by atoms with Crippen LogP contribution in [0.25, 0.3) is 0 Å². The van der Waals surface area contributed by atoms with Crippen molar-refractivity contribution in [3.8, 4) is 0 Å². The fourth-order valence-corrected chi connectivity index (χ4v) is 0.257. The van der Waals surface area contributed by atoms with Gasteiger partial charge in [0.25, 0.3) is 0 Å². The van der Waals surface area contributed by atoms with E-state index < -0.39 is 12.8 Å². The first-order valence-corrected chi connectivity index (χ1v) is 2.00. The first-order chi connectivity index (χ1) is 3.13. The van der Waals surface area contributed by atoms with Gasteiger partial charge in [0.1, 0.15) is 0 Å². The second-order valence-electron chi connectivity index (χ2n) is 1.35. The van der Waals surface area contributed by atoms with Gasteiger partial charge in [0, 0.05) is 0 Å². The summed E-state index contributed by atoms with van der Waals surface area (Å²) in [5.74, 6) is 0. The van der Waals surface area contributed by atoms with Crippen molar-refractivity contribution in [1.29, 1.82) is 0 Å². The van der Waals surface area contributed by atoms with Gasteiger partial charge in [-0.05, 0) is 30.9 Å². The summed E-state index contributed by atoms with van der Waals surface area (Å²) in [5.41, 5.74) is 0.